The third-order valence-electron chi connectivity index (χ3n) is 3.59. The third kappa shape index (κ3) is 4.74. The van der Waals surface area contributed by atoms with Crippen LogP contribution < -0.4 is 9.47 Å². The Kier molecular flexibility index (Phi) is 6.84. The van der Waals surface area contributed by atoms with Gasteiger partial charge in [0.25, 0.3) is 0 Å². The Morgan fingerprint density at radius 1 is 1.24 bits per heavy atom. The largest absolute Gasteiger partial charge is 0.497 e. The van der Waals surface area contributed by atoms with Gasteiger partial charge in [0, 0.05) is 17.3 Å². The lowest BCUT2D eigenvalue weighted by atomic mass is 9.92. The van der Waals surface area contributed by atoms with Crippen molar-refractivity contribution in [2.75, 3.05) is 20.8 Å². The van der Waals surface area contributed by atoms with Gasteiger partial charge in [-0.25, -0.2) is 9.97 Å². The van der Waals surface area contributed by atoms with Gasteiger partial charge < -0.3 is 14.2 Å². The normalized spacial score (nSPS) is 11.7. The summed E-state index contributed by atoms with van der Waals surface area (Å²) in [5.41, 5.74) is 1.21. The van der Waals surface area contributed by atoms with Gasteiger partial charge in [0.15, 0.2) is 0 Å². The molecule has 0 aliphatic carbocycles. The SMILES string of the molecule is CCOC(=O)C(Cc1cnc(Cl)nc1Cl)c1cc(OC)ccc1OC. The molecule has 1 atom stereocenters. The van der Waals surface area contributed by atoms with E-state index in [1.807, 2.05) is 0 Å². The molecule has 1 heterocycles. The molecule has 0 aliphatic rings. The molecule has 0 radical (unpaired) electrons. The van der Waals surface area contributed by atoms with E-state index >= 15 is 0 Å². The second-order valence-corrected chi connectivity index (χ2v) is 5.77. The Balaban J connectivity index is 2.47. The van der Waals surface area contributed by atoms with Crippen molar-refractivity contribution in [2.45, 2.75) is 19.3 Å². The summed E-state index contributed by atoms with van der Waals surface area (Å²) in [7, 11) is 3.08. The summed E-state index contributed by atoms with van der Waals surface area (Å²) >= 11 is 11.9. The Morgan fingerprint density at radius 2 is 2.00 bits per heavy atom. The topological polar surface area (TPSA) is 70.5 Å². The fourth-order valence-corrected chi connectivity index (χ4v) is 2.78. The highest BCUT2D eigenvalue weighted by Crippen LogP contribution is 2.34. The zero-order valence-corrected chi connectivity index (χ0v) is 15.6. The summed E-state index contributed by atoms with van der Waals surface area (Å²) < 4.78 is 15.9. The van der Waals surface area contributed by atoms with E-state index in [-0.39, 0.29) is 23.5 Å². The smallest absolute Gasteiger partial charge is 0.313 e. The van der Waals surface area contributed by atoms with Gasteiger partial charge in [0.05, 0.1) is 26.7 Å². The first kappa shape index (κ1) is 19.3. The molecule has 25 heavy (non-hydrogen) atoms. The zero-order valence-electron chi connectivity index (χ0n) is 14.1. The minimum absolute atomic E-state index is 0.0420. The fraction of sp³-hybridized carbons (Fsp3) is 0.353. The van der Waals surface area contributed by atoms with Crippen molar-refractivity contribution >= 4 is 29.2 Å². The highest BCUT2D eigenvalue weighted by molar-refractivity contribution is 6.32. The second-order valence-electron chi connectivity index (χ2n) is 5.07. The number of carbonyl (C=O) groups excluding carboxylic acids is 1. The molecule has 0 spiro atoms. The van der Waals surface area contributed by atoms with Crippen LogP contribution in [0.2, 0.25) is 10.4 Å². The van der Waals surface area contributed by atoms with Gasteiger partial charge in [-0.3, -0.25) is 4.79 Å². The minimum Gasteiger partial charge on any atom is -0.497 e. The molecule has 0 bridgehead atoms. The van der Waals surface area contributed by atoms with Gasteiger partial charge in [-0.1, -0.05) is 11.6 Å². The van der Waals surface area contributed by atoms with E-state index in [1.54, 1.807) is 32.2 Å². The molecule has 0 fully saturated rings. The molecule has 0 N–H and O–H groups in total. The Morgan fingerprint density at radius 3 is 2.60 bits per heavy atom. The van der Waals surface area contributed by atoms with E-state index < -0.39 is 11.9 Å². The lowest BCUT2D eigenvalue weighted by molar-refractivity contribution is -0.145. The average Bonchev–Trinajstić information content (AvgIpc) is 2.60. The molecule has 134 valence electrons. The van der Waals surface area contributed by atoms with Crippen LogP contribution in [0.25, 0.3) is 0 Å². The van der Waals surface area contributed by atoms with Gasteiger partial charge >= 0.3 is 5.97 Å². The van der Waals surface area contributed by atoms with Gasteiger partial charge in [-0.05, 0) is 43.1 Å². The lowest BCUT2D eigenvalue weighted by Crippen LogP contribution is -2.19. The van der Waals surface area contributed by atoms with Crippen molar-refractivity contribution in [1.29, 1.82) is 0 Å². The highest BCUT2D eigenvalue weighted by atomic mass is 35.5. The van der Waals surface area contributed by atoms with E-state index in [4.69, 9.17) is 37.4 Å². The Hall–Kier alpha value is -2.05. The van der Waals surface area contributed by atoms with Gasteiger partial charge in [0.1, 0.15) is 16.7 Å². The maximum atomic E-state index is 12.6. The number of ether oxygens (including phenoxy) is 3. The van der Waals surface area contributed by atoms with E-state index in [2.05, 4.69) is 9.97 Å². The number of methoxy groups -OCH3 is 2. The number of nitrogens with zero attached hydrogens (tertiary/aromatic N) is 2. The lowest BCUT2D eigenvalue weighted by Gasteiger charge is -2.19. The number of esters is 1. The van der Waals surface area contributed by atoms with Crippen molar-refractivity contribution in [3.8, 4) is 11.5 Å². The number of rotatable bonds is 7. The monoisotopic (exact) mass is 384 g/mol. The number of halogens is 2. The van der Waals surface area contributed by atoms with Crippen LogP contribution in [0.1, 0.15) is 24.0 Å². The van der Waals surface area contributed by atoms with Gasteiger partial charge in [0.2, 0.25) is 5.28 Å². The van der Waals surface area contributed by atoms with Crippen LogP contribution in [-0.4, -0.2) is 36.8 Å². The first-order valence-electron chi connectivity index (χ1n) is 7.55. The summed E-state index contributed by atoms with van der Waals surface area (Å²) in [5, 5.41) is 0.233. The first-order chi connectivity index (χ1) is 12.0. The summed E-state index contributed by atoms with van der Waals surface area (Å²) in [5.74, 6) is 0.0840. The van der Waals surface area contributed by atoms with Crippen LogP contribution in [0.5, 0.6) is 11.5 Å². The molecule has 2 rings (SSSR count). The van der Waals surface area contributed by atoms with Crippen LogP contribution in [0.4, 0.5) is 0 Å². The van der Waals surface area contributed by atoms with Crippen molar-refractivity contribution < 1.29 is 19.0 Å². The quantitative estimate of drug-likeness (QED) is 0.411. The molecular weight excluding hydrogens is 367 g/mol. The molecule has 1 aromatic heterocycles. The molecular formula is C17H18Cl2N2O4. The molecule has 0 aliphatic heterocycles. The number of hydrogen-bond donors (Lipinski definition) is 0. The molecule has 0 saturated carbocycles. The zero-order chi connectivity index (χ0) is 18.4. The third-order valence-corrected chi connectivity index (χ3v) is 4.10. The van der Waals surface area contributed by atoms with E-state index in [0.717, 1.165) is 0 Å². The van der Waals surface area contributed by atoms with E-state index in [9.17, 15) is 4.79 Å². The van der Waals surface area contributed by atoms with Crippen molar-refractivity contribution in [1.82, 2.24) is 9.97 Å². The molecule has 1 aromatic carbocycles. The van der Waals surface area contributed by atoms with E-state index in [1.165, 1.54) is 13.3 Å². The van der Waals surface area contributed by atoms with E-state index in [0.29, 0.717) is 22.6 Å². The fourth-order valence-electron chi connectivity index (χ4n) is 2.40. The van der Waals surface area contributed by atoms with Gasteiger partial charge in [-0.15, -0.1) is 0 Å². The summed E-state index contributed by atoms with van der Waals surface area (Å²) in [6, 6.07) is 5.23. The molecule has 2 aromatic rings. The average molecular weight is 385 g/mol. The highest BCUT2D eigenvalue weighted by Gasteiger charge is 2.27. The number of benzene rings is 1. The predicted molar refractivity (Wildman–Crippen MR) is 94.7 cm³/mol. The number of aromatic nitrogens is 2. The minimum atomic E-state index is -0.660. The van der Waals surface area contributed by atoms with Crippen molar-refractivity contribution in [3.63, 3.8) is 0 Å². The molecule has 0 saturated heterocycles. The van der Waals surface area contributed by atoms with Crippen LogP contribution in [-0.2, 0) is 16.0 Å². The first-order valence-corrected chi connectivity index (χ1v) is 8.31. The molecule has 0 amide bonds. The van der Waals surface area contributed by atoms with Gasteiger partial charge in [-0.2, -0.15) is 0 Å². The number of carbonyl (C=O) groups is 1. The van der Waals surface area contributed by atoms with Crippen LogP contribution in [0, 0.1) is 0 Å². The molecule has 6 nitrogen and oxygen atoms in total. The van der Waals surface area contributed by atoms with Crippen LogP contribution in [0.3, 0.4) is 0 Å². The predicted octanol–water partition coefficient (Wildman–Crippen LogP) is 3.69. The number of hydrogen-bond acceptors (Lipinski definition) is 6. The van der Waals surface area contributed by atoms with Crippen molar-refractivity contribution in [2.24, 2.45) is 0 Å². The summed E-state index contributed by atoms with van der Waals surface area (Å²) in [4.78, 5) is 20.4. The maximum absolute atomic E-state index is 12.6. The maximum Gasteiger partial charge on any atom is 0.313 e. The van der Waals surface area contributed by atoms with Crippen LogP contribution in [0.15, 0.2) is 24.4 Å². The standard InChI is InChI=1S/C17H18Cl2N2O4/c1-4-25-16(22)13(7-10-9-20-17(19)21-15(10)18)12-8-11(23-2)5-6-14(12)24-3/h5-6,8-9,13H,4,7H2,1-3H3. The summed E-state index contributed by atoms with van der Waals surface area (Å²) in [6.07, 6.45) is 1.73. The van der Waals surface area contributed by atoms with Crippen molar-refractivity contribution in [3.05, 3.63) is 46.0 Å². The Labute approximate surface area is 156 Å². The molecule has 1 unspecified atom stereocenters. The van der Waals surface area contributed by atoms with Crippen LogP contribution >= 0.6 is 23.2 Å². The molecule has 8 heteroatoms. The summed E-state index contributed by atoms with van der Waals surface area (Å²) in [6.45, 7) is 2.00. The Bertz CT molecular complexity index is 755. The second kappa shape index (κ2) is 8.87.